The summed E-state index contributed by atoms with van der Waals surface area (Å²) in [5.41, 5.74) is 2.55. The summed E-state index contributed by atoms with van der Waals surface area (Å²) in [5, 5.41) is 3.63. The second kappa shape index (κ2) is 13.9. The van der Waals surface area contributed by atoms with E-state index < -0.39 is 7.49 Å². The summed E-state index contributed by atoms with van der Waals surface area (Å²) in [6.45, 7) is 0. The van der Waals surface area contributed by atoms with Crippen LogP contribution < -0.4 is 20.4 Å². The van der Waals surface area contributed by atoms with E-state index in [0.717, 1.165) is 5.75 Å². The van der Waals surface area contributed by atoms with Crippen molar-refractivity contribution >= 4 is 23.4 Å². The van der Waals surface area contributed by atoms with Gasteiger partial charge in [-0.1, -0.05) is 133 Å². The second-order valence-corrected chi connectivity index (χ2v) is 11.7. The minimum Gasteiger partial charge on any atom is -0.870 e. The molecule has 0 aliphatic heterocycles. The molecule has 0 aliphatic carbocycles. The van der Waals surface area contributed by atoms with Gasteiger partial charge in [0.1, 0.15) is 15.9 Å². The molecule has 0 saturated carbocycles. The number of benzene rings is 6. The molecule has 0 bridgehead atoms. The molecule has 1 N–H and O–H groups in total. The van der Waals surface area contributed by atoms with Crippen LogP contribution in [0.1, 0.15) is 0 Å². The quantitative estimate of drug-likeness (QED) is 0.205. The summed E-state index contributed by atoms with van der Waals surface area (Å²) >= 11 is 0. The van der Waals surface area contributed by atoms with Crippen molar-refractivity contribution < 1.29 is 10.00 Å². The topological polar surface area (TPSA) is 39.2 Å². The lowest BCUT2D eigenvalue weighted by atomic mass is 10.1. The van der Waals surface area contributed by atoms with Crippen molar-refractivity contribution in [2.75, 3.05) is 0 Å². The Morgan fingerprint density at radius 2 is 0.564 bits per heavy atom. The van der Waals surface area contributed by atoms with E-state index in [2.05, 4.69) is 140 Å². The highest BCUT2D eigenvalue weighted by atomic mass is 31.2. The molecule has 2 nitrogen and oxygen atoms in total. The van der Waals surface area contributed by atoms with Gasteiger partial charge in [-0.25, -0.2) is 0 Å². The maximum Gasteiger partial charge on any atom is 0.287 e. The fourth-order valence-electron chi connectivity index (χ4n) is 4.42. The Kier molecular flexibility index (Phi) is 9.80. The molecule has 0 spiro atoms. The predicted molar refractivity (Wildman–Crippen MR) is 166 cm³/mol. The van der Waals surface area contributed by atoms with Crippen LogP contribution in [0, 0.1) is 0 Å². The van der Waals surface area contributed by atoms with E-state index in [0.29, 0.717) is 0 Å². The lowest BCUT2D eigenvalue weighted by Crippen LogP contribution is -2.34. The third-order valence-electron chi connectivity index (χ3n) is 6.23. The first kappa shape index (κ1) is 27.5. The zero-order valence-electron chi connectivity index (χ0n) is 21.6. The van der Waals surface area contributed by atoms with E-state index in [9.17, 15) is 0 Å². The first-order valence-electron chi connectivity index (χ1n) is 12.8. The van der Waals surface area contributed by atoms with Crippen molar-refractivity contribution in [2.45, 2.75) is 0 Å². The monoisotopic (exact) mass is 526 g/mol. The van der Waals surface area contributed by atoms with Crippen LogP contribution in [0.5, 0.6) is 5.75 Å². The standard InChI is InChI=1S/C24H20OP.C12H10.H2O/c1-5-13-21(14-6-1)25-26(22-15-7-2-8-16-22,23-17-9-3-10-18-23)24-19-11-4-12-20-24;1-3-7-11(8-4-1)12-9-5-2-6-10-12;/h1-20H;1-10H;1H2/q+1;;/p-1. The van der Waals surface area contributed by atoms with Crippen LogP contribution >= 0.6 is 7.49 Å². The van der Waals surface area contributed by atoms with Crippen LogP contribution in [0.4, 0.5) is 0 Å². The van der Waals surface area contributed by atoms with Gasteiger partial charge in [-0.2, -0.15) is 0 Å². The van der Waals surface area contributed by atoms with Gasteiger partial charge in [0.05, 0.1) is 0 Å². The highest BCUT2D eigenvalue weighted by molar-refractivity contribution is 7.92. The van der Waals surface area contributed by atoms with Crippen molar-refractivity contribution in [1.29, 1.82) is 0 Å². The molecule has 6 aromatic carbocycles. The van der Waals surface area contributed by atoms with Crippen molar-refractivity contribution in [2.24, 2.45) is 0 Å². The van der Waals surface area contributed by atoms with Crippen LogP contribution in [-0.4, -0.2) is 5.48 Å². The van der Waals surface area contributed by atoms with Gasteiger partial charge in [0.15, 0.2) is 5.75 Å². The van der Waals surface area contributed by atoms with Crippen molar-refractivity contribution in [3.05, 3.63) is 182 Å². The molecule has 192 valence electrons. The number of rotatable bonds is 6. The average molecular weight is 527 g/mol. The smallest absolute Gasteiger partial charge is 0.287 e. The lowest BCUT2D eigenvalue weighted by molar-refractivity contribution is 0.620. The van der Waals surface area contributed by atoms with Gasteiger partial charge < -0.3 is 10.00 Å². The highest BCUT2D eigenvalue weighted by Crippen LogP contribution is 2.56. The summed E-state index contributed by atoms with van der Waals surface area (Å²) in [4.78, 5) is 0. The molecule has 0 heterocycles. The summed E-state index contributed by atoms with van der Waals surface area (Å²) in [6, 6.07) is 62.6. The maximum atomic E-state index is 6.87. The molecule has 39 heavy (non-hydrogen) atoms. The first-order valence-corrected chi connectivity index (χ1v) is 14.5. The summed E-state index contributed by atoms with van der Waals surface area (Å²) in [7, 11) is -2.28. The average Bonchev–Trinajstić information content (AvgIpc) is 3.03. The predicted octanol–water partition coefficient (Wildman–Crippen LogP) is 8.15. The Hall–Kier alpha value is -4.49. The third kappa shape index (κ3) is 6.69. The van der Waals surface area contributed by atoms with E-state index in [1.807, 2.05) is 42.5 Å². The zero-order chi connectivity index (χ0) is 25.9. The molecule has 0 aromatic heterocycles. The summed E-state index contributed by atoms with van der Waals surface area (Å²) < 4.78 is 6.87. The Morgan fingerprint density at radius 1 is 0.308 bits per heavy atom. The zero-order valence-corrected chi connectivity index (χ0v) is 22.5. The number of hydrogen-bond donors (Lipinski definition) is 0. The fraction of sp³-hybridized carbons (Fsp3) is 0. The van der Waals surface area contributed by atoms with Crippen LogP contribution in [0.3, 0.4) is 0 Å². The Balaban J connectivity index is 0.000000228. The van der Waals surface area contributed by atoms with Gasteiger partial charge in [-0.15, -0.1) is 0 Å². The molecular weight excluding hydrogens is 495 g/mol. The first-order chi connectivity index (χ1) is 18.9. The highest BCUT2D eigenvalue weighted by Gasteiger charge is 2.49. The van der Waals surface area contributed by atoms with Gasteiger partial charge in [-0.3, -0.25) is 0 Å². The van der Waals surface area contributed by atoms with Crippen LogP contribution in [0.15, 0.2) is 182 Å². The van der Waals surface area contributed by atoms with E-state index >= 15 is 0 Å². The van der Waals surface area contributed by atoms with Crippen LogP contribution in [0.2, 0.25) is 0 Å². The molecular formula is C36H31O2P. The molecule has 0 unspecified atom stereocenters. The number of hydrogen-bond acceptors (Lipinski definition) is 2. The molecule has 6 rings (SSSR count). The number of para-hydroxylation sites is 1. The molecule has 0 amide bonds. The van der Waals surface area contributed by atoms with Crippen molar-refractivity contribution in [3.63, 3.8) is 0 Å². The van der Waals surface area contributed by atoms with Gasteiger partial charge in [0.25, 0.3) is 7.49 Å². The third-order valence-corrected chi connectivity index (χ3v) is 9.79. The Labute approximate surface area is 231 Å². The van der Waals surface area contributed by atoms with Crippen molar-refractivity contribution in [1.82, 2.24) is 0 Å². The summed E-state index contributed by atoms with van der Waals surface area (Å²) in [6.07, 6.45) is 0. The van der Waals surface area contributed by atoms with Crippen molar-refractivity contribution in [3.8, 4) is 16.9 Å². The molecule has 0 radical (unpaired) electrons. The second-order valence-electron chi connectivity index (χ2n) is 8.75. The lowest BCUT2D eigenvalue weighted by Gasteiger charge is -2.26. The van der Waals surface area contributed by atoms with Crippen LogP contribution in [-0.2, 0) is 0 Å². The van der Waals surface area contributed by atoms with E-state index in [1.165, 1.54) is 27.0 Å². The molecule has 0 fully saturated rings. The summed E-state index contributed by atoms with van der Waals surface area (Å²) in [5.74, 6) is 0.886. The Morgan fingerprint density at radius 3 is 0.872 bits per heavy atom. The van der Waals surface area contributed by atoms with E-state index in [1.54, 1.807) is 0 Å². The fourth-order valence-corrected chi connectivity index (χ4v) is 7.84. The normalized spacial score (nSPS) is 10.4. The minimum atomic E-state index is -2.28. The Bertz CT molecular complexity index is 1360. The molecule has 3 heteroatoms. The molecule has 0 aliphatic rings. The van der Waals surface area contributed by atoms with Gasteiger partial charge >= 0.3 is 0 Å². The largest absolute Gasteiger partial charge is 0.870 e. The molecule has 6 aromatic rings. The van der Waals surface area contributed by atoms with E-state index in [4.69, 9.17) is 4.52 Å². The maximum absolute atomic E-state index is 6.87. The molecule has 0 atom stereocenters. The van der Waals surface area contributed by atoms with Gasteiger partial charge in [0.2, 0.25) is 0 Å². The van der Waals surface area contributed by atoms with Gasteiger partial charge in [-0.05, 0) is 59.7 Å². The molecule has 0 saturated heterocycles. The van der Waals surface area contributed by atoms with E-state index in [-0.39, 0.29) is 5.48 Å². The van der Waals surface area contributed by atoms with Crippen LogP contribution in [0.25, 0.3) is 11.1 Å². The minimum absolute atomic E-state index is 0. The van der Waals surface area contributed by atoms with Gasteiger partial charge in [0, 0.05) is 0 Å². The SMILES string of the molecule is [OH-].c1ccc(-c2ccccc2)cc1.c1ccc(O[P+](c2ccccc2)(c2ccccc2)c2ccccc2)cc1.